The maximum Gasteiger partial charge on any atom is 0.318 e. The molecule has 0 aromatic carbocycles. The molecule has 2 rings (SSSR count). The van der Waals surface area contributed by atoms with Gasteiger partial charge in [-0.05, 0) is 26.7 Å². The van der Waals surface area contributed by atoms with Crippen LogP contribution in [0, 0.1) is 13.8 Å². The molecule has 1 heterocycles. The molecular formula is C12H18N2O5S. The van der Waals surface area contributed by atoms with E-state index in [0.29, 0.717) is 12.8 Å². The maximum absolute atomic E-state index is 12.7. The van der Waals surface area contributed by atoms with Crippen LogP contribution in [0.4, 0.5) is 0 Å². The van der Waals surface area contributed by atoms with Gasteiger partial charge in [-0.3, -0.25) is 4.79 Å². The summed E-state index contributed by atoms with van der Waals surface area (Å²) in [6, 6.07) is -0.259. The number of carbonyl (C=O) groups is 1. The third-order valence-corrected chi connectivity index (χ3v) is 5.70. The summed E-state index contributed by atoms with van der Waals surface area (Å²) < 4.78 is 31.4. The van der Waals surface area contributed by atoms with Crippen molar-refractivity contribution in [1.82, 2.24) is 9.46 Å². The van der Waals surface area contributed by atoms with Crippen molar-refractivity contribution in [3.8, 4) is 0 Å². The normalized spacial score (nSPS) is 16.9. The third-order valence-electron chi connectivity index (χ3n) is 3.56. The molecule has 1 aromatic heterocycles. The standard InChI is InChI=1S/C12H18N2O5S/c1-8-12(9(2)19-13-8)20(17,18)14(7-11(15)16)10-5-3-4-6-10/h10H,3-7H2,1-2H3,(H,15,16). The Morgan fingerprint density at radius 3 is 2.45 bits per heavy atom. The van der Waals surface area contributed by atoms with E-state index in [4.69, 9.17) is 9.63 Å². The molecule has 0 aliphatic heterocycles. The fraction of sp³-hybridized carbons (Fsp3) is 0.667. The van der Waals surface area contributed by atoms with E-state index in [1.165, 1.54) is 13.8 Å². The first-order valence-corrected chi connectivity index (χ1v) is 7.94. The van der Waals surface area contributed by atoms with Gasteiger partial charge in [0.05, 0.1) is 0 Å². The fourth-order valence-electron chi connectivity index (χ4n) is 2.70. The van der Waals surface area contributed by atoms with E-state index >= 15 is 0 Å². The summed E-state index contributed by atoms with van der Waals surface area (Å²) in [6.07, 6.45) is 3.21. The van der Waals surface area contributed by atoms with Gasteiger partial charge < -0.3 is 9.63 Å². The highest BCUT2D eigenvalue weighted by Gasteiger charge is 2.38. The van der Waals surface area contributed by atoms with Gasteiger partial charge in [0.2, 0.25) is 10.0 Å². The lowest BCUT2D eigenvalue weighted by Gasteiger charge is -2.26. The van der Waals surface area contributed by atoms with Crippen molar-refractivity contribution in [2.24, 2.45) is 0 Å². The minimum atomic E-state index is -3.90. The molecule has 1 aliphatic rings. The number of nitrogens with zero attached hydrogens (tertiary/aromatic N) is 2. The zero-order chi connectivity index (χ0) is 14.9. The van der Waals surface area contributed by atoms with Gasteiger partial charge in [0.25, 0.3) is 0 Å². The average molecular weight is 302 g/mol. The molecule has 112 valence electrons. The molecule has 1 aliphatic carbocycles. The number of aliphatic carboxylic acids is 1. The molecule has 1 aromatic rings. The molecule has 0 radical (unpaired) electrons. The quantitative estimate of drug-likeness (QED) is 0.880. The van der Waals surface area contributed by atoms with Gasteiger partial charge in [-0.15, -0.1) is 0 Å². The second-order valence-corrected chi connectivity index (χ2v) is 6.86. The Morgan fingerprint density at radius 2 is 2.00 bits per heavy atom. The van der Waals surface area contributed by atoms with Crippen molar-refractivity contribution in [2.75, 3.05) is 6.54 Å². The fourth-order valence-corrected chi connectivity index (χ4v) is 4.63. The van der Waals surface area contributed by atoms with E-state index in [1.807, 2.05) is 0 Å². The number of carboxylic acids is 1. The molecule has 20 heavy (non-hydrogen) atoms. The summed E-state index contributed by atoms with van der Waals surface area (Å²) in [6.45, 7) is 2.52. The van der Waals surface area contributed by atoms with Gasteiger partial charge in [0.15, 0.2) is 5.76 Å². The molecule has 0 amide bonds. The predicted molar refractivity (Wildman–Crippen MR) is 69.8 cm³/mol. The Morgan fingerprint density at radius 1 is 1.40 bits per heavy atom. The highest BCUT2D eigenvalue weighted by molar-refractivity contribution is 7.89. The van der Waals surface area contributed by atoms with Crippen molar-refractivity contribution in [3.05, 3.63) is 11.5 Å². The number of rotatable bonds is 5. The van der Waals surface area contributed by atoms with Gasteiger partial charge in [-0.1, -0.05) is 18.0 Å². The topological polar surface area (TPSA) is 101 Å². The van der Waals surface area contributed by atoms with Crippen LogP contribution < -0.4 is 0 Å². The monoisotopic (exact) mass is 302 g/mol. The largest absolute Gasteiger partial charge is 0.480 e. The Kier molecular flexibility index (Phi) is 4.14. The molecule has 0 unspecified atom stereocenters. The molecular weight excluding hydrogens is 284 g/mol. The van der Waals surface area contributed by atoms with Gasteiger partial charge in [-0.2, -0.15) is 4.31 Å². The summed E-state index contributed by atoms with van der Waals surface area (Å²) in [5.41, 5.74) is 0.260. The Hall–Kier alpha value is -1.41. The van der Waals surface area contributed by atoms with Crippen LogP contribution in [0.15, 0.2) is 9.42 Å². The summed E-state index contributed by atoms with van der Waals surface area (Å²) in [4.78, 5) is 11.0. The molecule has 0 saturated heterocycles. The Labute approximate surface area is 117 Å². The maximum atomic E-state index is 12.7. The van der Waals surface area contributed by atoms with Crippen LogP contribution in [0.1, 0.15) is 37.1 Å². The zero-order valence-electron chi connectivity index (χ0n) is 11.5. The molecule has 1 N–H and O–H groups in total. The molecule has 1 fully saturated rings. The molecule has 0 atom stereocenters. The molecule has 8 heteroatoms. The van der Waals surface area contributed by atoms with Crippen LogP contribution in [0.25, 0.3) is 0 Å². The van der Waals surface area contributed by atoms with Gasteiger partial charge in [0.1, 0.15) is 17.1 Å². The predicted octanol–water partition coefficient (Wildman–Crippen LogP) is 1.31. The van der Waals surface area contributed by atoms with Crippen molar-refractivity contribution < 1.29 is 22.8 Å². The lowest BCUT2D eigenvalue weighted by Crippen LogP contribution is -2.42. The second-order valence-electron chi connectivity index (χ2n) is 5.04. The molecule has 7 nitrogen and oxygen atoms in total. The van der Waals surface area contributed by atoms with Crippen LogP contribution >= 0.6 is 0 Å². The number of aryl methyl sites for hydroxylation is 2. The summed E-state index contributed by atoms with van der Waals surface area (Å²) in [7, 11) is -3.90. The van der Waals surface area contributed by atoms with Crippen molar-refractivity contribution in [2.45, 2.75) is 50.5 Å². The highest BCUT2D eigenvalue weighted by Crippen LogP contribution is 2.30. The smallest absolute Gasteiger partial charge is 0.318 e. The van der Waals surface area contributed by atoms with Crippen LogP contribution in [0.5, 0.6) is 0 Å². The number of sulfonamides is 1. The van der Waals surface area contributed by atoms with E-state index in [9.17, 15) is 13.2 Å². The van der Waals surface area contributed by atoms with Crippen molar-refractivity contribution in [1.29, 1.82) is 0 Å². The van der Waals surface area contributed by atoms with Gasteiger partial charge >= 0.3 is 5.97 Å². The average Bonchev–Trinajstić information content (AvgIpc) is 2.96. The minimum absolute atomic E-state index is 0.00866. The van der Waals surface area contributed by atoms with Crippen LogP contribution in [-0.4, -0.2) is 41.5 Å². The van der Waals surface area contributed by atoms with Crippen molar-refractivity contribution >= 4 is 16.0 Å². The first-order valence-electron chi connectivity index (χ1n) is 6.50. The van der Waals surface area contributed by atoms with E-state index in [1.54, 1.807) is 0 Å². The van der Waals surface area contributed by atoms with Gasteiger partial charge in [-0.25, -0.2) is 8.42 Å². The lowest BCUT2D eigenvalue weighted by molar-refractivity contribution is -0.137. The number of hydrogen-bond donors (Lipinski definition) is 1. The molecule has 0 bridgehead atoms. The van der Waals surface area contributed by atoms with Crippen LogP contribution in [-0.2, 0) is 14.8 Å². The molecule has 0 spiro atoms. The third kappa shape index (κ3) is 2.71. The van der Waals surface area contributed by atoms with Crippen LogP contribution in [0.2, 0.25) is 0 Å². The Bertz CT molecular complexity index is 582. The van der Waals surface area contributed by atoms with Crippen LogP contribution in [0.3, 0.4) is 0 Å². The summed E-state index contributed by atoms with van der Waals surface area (Å²) in [5, 5.41) is 12.6. The molecule has 1 saturated carbocycles. The highest BCUT2D eigenvalue weighted by atomic mass is 32.2. The lowest BCUT2D eigenvalue weighted by atomic mass is 10.2. The minimum Gasteiger partial charge on any atom is -0.480 e. The summed E-state index contributed by atoms with van der Waals surface area (Å²) >= 11 is 0. The first-order chi connectivity index (χ1) is 9.34. The second kappa shape index (κ2) is 5.53. The van der Waals surface area contributed by atoms with Crippen molar-refractivity contribution in [3.63, 3.8) is 0 Å². The van der Waals surface area contributed by atoms with E-state index < -0.39 is 22.5 Å². The Balaban J connectivity index is 2.43. The van der Waals surface area contributed by atoms with E-state index in [2.05, 4.69) is 5.16 Å². The number of carboxylic acid groups (broad SMARTS) is 1. The zero-order valence-corrected chi connectivity index (χ0v) is 12.3. The first kappa shape index (κ1) is 15.0. The number of hydrogen-bond acceptors (Lipinski definition) is 5. The summed E-state index contributed by atoms with van der Waals surface area (Å²) in [5.74, 6) is -0.969. The van der Waals surface area contributed by atoms with E-state index in [0.717, 1.165) is 17.1 Å². The number of aromatic nitrogens is 1. The van der Waals surface area contributed by atoms with E-state index in [-0.39, 0.29) is 22.4 Å². The van der Waals surface area contributed by atoms with Gasteiger partial charge in [0, 0.05) is 6.04 Å². The SMILES string of the molecule is Cc1noc(C)c1S(=O)(=O)N(CC(=O)O)C1CCCC1.